The van der Waals surface area contributed by atoms with E-state index in [2.05, 4.69) is 0 Å². The highest BCUT2D eigenvalue weighted by Gasteiger charge is 2.54. The molecule has 0 aromatic carbocycles. The Bertz CT molecular complexity index is 364. The Labute approximate surface area is 118 Å². The molecule has 2 rings (SSSR count). The normalized spacial score (nSPS) is 40.9. The lowest BCUT2D eigenvalue weighted by molar-refractivity contribution is -0.587. The molecule has 8 heteroatoms. The summed E-state index contributed by atoms with van der Waals surface area (Å²) in [4.78, 5) is 26.4. The molecule has 2 aliphatic rings. The van der Waals surface area contributed by atoms with Gasteiger partial charge in [0.05, 0.1) is 26.2 Å². The van der Waals surface area contributed by atoms with Crippen LogP contribution >= 0.6 is 0 Å². The Morgan fingerprint density at radius 3 is 1.35 bits per heavy atom. The Kier molecular flexibility index (Phi) is 3.97. The standard InChI is InChI=1S/C12H22N4O4/c1-3-11(15(17)18)7-13-5-6-14(8-11)10-12(4-2,9-13)16(19)20/h3-10H2,1-2H3. The molecule has 2 fully saturated rings. The molecule has 8 nitrogen and oxygen atoms in total. The number of hydrogen-bond acceptors (Lipinski definition) is 6. The SMILES string of the molecule is CCC1([N+](=O)[O-])CN2CCN(C1)CC(CC)([N+](=O)[O-])C2. The van der Waals surface area contributed by atoms with Crippen LogP contribution < -0.4 is 0 Å². The van der Waals surface area contributed by atoms with Crippen molar-refractivity contribution in [3.05, 3.63) is 20.2 Å². The molecule has 0 amide bonds. The maximum absolute atomic E-state index is 11.5. The van der Waals surface area contributed by atoms with E-state index in [-0.39, 0.29) is 9.85 Å². The first-order chi connectivity index (χ1) is 9.37. The lowest BCUT2D eigenvalue weighted by atomic mass is 9.89. The van der Waals surface area contributed by atoms with Gasteiger partial charge in [-0.2, -0.15) is 0 Å². The predicted molar refractivity (Wildman–Crippen MR) is 72.9 cm³/mol. The zero-order chi connectivity index (χ0) is 15.0. The maximum atomic E-state index is 11.5. The van der Waals surface area contributed by atoms with Gasteiger partial charge in [-0.1, -0.05) is 13.8 Å². The van der Waals surface area contributed by atoms with Crippen LogP contribution in [0.4, 0.5) is 0 Å². The smallest absolute Gasteiger partial charge is 0.246 e. The molecular formula is C12H22N4O4. The lowest BCUT2D eigenvalue weighted by Gasteiger charge is -2.37. The monoisotopic (exact) mass is 286 g/mol. The van der Waals surface area contributed by atoms with Gasteiger partial charge in [-0.3, -0.25) is 30.0 Å². The van der Waals surface area contributed by atoms with Crippen molar-refractivity contribution in [3.8, 4) is 0 Å². The van der Waals surface area contributed by atoms with E-state index in [0.29, 0.717) is 52.1 Å². The minimum Gasteiger partial charge on any atom is -0.288 e. The van der Waals surface area contributed by atoms with Crippen LogP contribution in [0.1, 0.15) is 26.7 Å². The highest BCUT2D eigenvalue weighted by atomic mass is 16.6. The Morgan fingerprint density at radius 1 is 0.850 bits per heavy atom. The zero-order valence-corrected chi connectivity index (χ0v) is 12.1. The quantitative estimate of drug-likeness (QED) is 0.551. The van der Waals surface area contributed by atoms with Gasteiger partial charge in [0, 0.05) is 35.8 Å². The van der Waals surface area contributed by atoms with Gasteiger partial charge in [-0.05, 0) is 0 Å². The summed E-state index contributed by atoms with van der Waals surface area (Å²) in [5, 5.41) is 22.9. The van der Waals surface area contributed by atoms with Crippen LogP contribution in [0.2, 0.25) is 0 Å². The minimum atomic E-state index is -0.993. The molecule has 0 aromatic heterocycles. The molecule has 2 saturated heterocycles. The molecule has 114 valence electrons. The third-order valence-corrected chi connectivity index (χ3v) is 4.89. The molecule has 0 radical (unpaired) electrons. The lowest BCUT2D eigenvalue weighted by Crippen LogP contribution is -2.62. The number of rotatable bonds is 4. The molecule has 0 saturated carbocycles. The van der Waals surface area contributed by atoms with Crippen molar-refractivity contribution >= 4 is 0 Å². The molecule has 2 heterocycles. The second kappa shape index (κ2) is 5.25. The highest BCUT2D eigenvalue weighted by Crippen LogP contribution is 2.30. The molecule has 0 aromatic rings. The van der Waals surface area contributed by atoms with Crippen LogP contribution in [0.15, 0.2) is 0 Å². The van der Waals surface area contributed by atoms with Crippen LogP contribution in [0, 0.1) is 20.2 Å². The summed E-state index contributed by atoms with van der Waals surface area (Å²) in [6, 6.07) is 0. The average molecular weight is 286 g/mol. The number of hydrogen-bond donors (Lipinski definition) is 0. The van der Waals surface area contributed by atoms with E-state index >= 15 is 0 Å². The fourth-order valence-electron chi connectivity index (χ4n) is 3.41. The molecule has 0 spiro atoms. The topological polar surface area (TPSA) is 92.8 Å². The molecule has 0 aliphatic carbocycles. The minimum absolute atomic E-state index is 0.191. The summed E-state index contributed by atoms with van der Waals surface area (Å²) in [6.07, 6.45) is 0.898. The molecule has 20 heavy (non-hydrogen) atoms. The summed E-state index contributed by atoms with van der Waals surface area (Å²) >= 11 is 0. The molecule has 0 atom stereocenters. The molecular weight excluding hydrogens is 264 g/mol. The van der Waals surface area contributed by atoms with Crippen molar-refractivity contribution < 1.29 is 9.85 Å². The summed E-state index contributed by atoms with van der Waals surface area (Å²) in [5.74, 6) is 0. The van der Waals surface area contributed by atoms with Gasteiger partial charge < -0.3 is 0 Å². The number of nitro groups is 2. The highest BCUT2D eigenvalue weighted by molar-refractivity contribution is 4.98. The van der Waals surface area contributed by atoms with Crippen LogP contribution in [-0.4, -0.2) is 70.0 Å². The summed E-state index contributed by atoms with van der Waals surface area (Å²) in [6.45, 7) is 6.23. The first kappa shape index (κ1) is 15.1. The first-order valence-corrected chi connectivity index (χ1v) is 7.11. The van der Waals surface area contributed by atoms with Gasteiger partial charge in [0.2, 0.25) is 11.1 Å². The number of nitrogens with zero attached hydrogens (tertiary/aromatic N) is 4. The third-order valence-electron chi connectivity index (χ3n) is 4.89. The molecule has 2 aliphatic heterocycles. The molecule has 0 unspecified atom stereocenters. The van der Waals surface area contributed by atoms with Crippen LogP contribution in [-0.2, 0) is 0 Å². The predicted octanol–water partition coefficient (Wildman–Crippen LogP) is 0.469. The van der Waals surface area contributed by atoms with Gasteiger partial charge in [-0.25, -0.2) is 0 Å². The Morgan fingerprint density at radius 2 is 1.15 bits per heavy atom. The van der Waals surface area contributed by atoms with Gasteiger partial charge in [0.15, 0.2) is 0 Å². The van der Waals surface area contributed by atoms with Gasteiger partial charge in [-0.15, -0.1) is 0 Å². The van der Waals surface area contributed by atoms with Gasteiger partial charge in [0.25, 0.3) is 0 Å². The van der Waals surface area contributed by atoms with E-state index < -0.39 is 11.1 Å². The maximum Gasteiger partial charge on any atom is 0.246 e. The summed E-state index contributed by atoms with van der Waals surface area (Å²) < 4.78 is 0. The van der Waals surface area contributed by atoms with Crippen molar-refractivity contribution in [1.82, 2.24) is 9.80 Å². The Balaban J connectivity index is 2.33. The number of fused-ring (bicyclic) bond motifs is 3. The van der Waals surface area contributed by atoms with Crippen molar-refractivity contribution in [1.29, 1.82) is 0 Å². The fraction of sp³-hybridized carbons (Fsp3) is 1.00. The second-order valence-corrected chi connectivity index (χ2v) is 6.09. The molecule has 0 N–H and O–H groups in total. The first-order valence-electron chi connectivity index (χ1n) is 7.11. The van der Waals surface area contributed by atoms with Crippen molar-refractivity contribution in [2.75, 3.05) is 39.3 Å². The molecule has 2 bridgehead atoms. The van der Waals surface area contributed by atoms with Crippen molar-refractivity contribution in [3.63, 3.8) is 0 Å². The van der Waals surface area contributed by atoms with E-state index in [0.717, 1.165) is 0 Å². The summed E-state index contributed by atoms with van der Waals surface area (Å²) in [7, 11) is 0. The van der Waals surface area contributed by atoms with E-state index in [9.17, 15) is 20.2 Å². The Hall–Kier alpha value is -1.28. The van der Waals surface area contributed by atoms with E-state index in [4.69, 9.17) is 0 Å². The third kappa shape index (κ3) is 2.37. The average Bonchev–Trinajstić information content (AvgIpc) is 2.67. The van der Waals surface area contributed by atoms with Crippen LogP contribution in [0.5, 0.6) is 0 Å². The zero-order valence-electron chi connectivity index (χ0n) is 12.1. The van der Waals surface area contributed by atoms with Gasteiger partial charge in [0.1, 0.15) is 0 Å². The largest absolute Gasteiger partial charge is 0.288 e. The van der Waals surface area contributed by atoms with Crippen molar-refractivity contribution in [2.24, 2.45) is 0 Å². The van der Waals surface area contributed by atoms with Gasteiger partial charge >= 0.3 is 0 Å². The van der Waals surface area contributed by atoms with E-state index in [1.54, 1.807) is 0 Å². The van der Waals surface area contributed by atoms with Crippen molar-refractivity contribution in [2.45, 2.75) is 37.8 Å². The second-order valence-electron chi connectivity index (χ2n) is 6.09. The van der Waals surface area contributed by atoms with Crippen LogP contribution in [0.3, 0.4) is 0 Å². The van der Waals surface area contributed by atoms with Crippen LogP contribution in [0.25, 0.3) is 0 Å². The van der Waals surface area contributed by atoms with E-state index in [1.165, 1.54) is 0 Å². The summed E-state index contributed by atoms with van der Waals surface area (Å²) in [5.41, 5.74) is -1.99. The fourth-order valence-corrected chi connectivity index (χ4v) is 3.41. The van der Waals surface area contributed by atoms with E-state index in [1.807, 2.05) is 23.6 Å².